The molecule has 0 saturated carbocycles. The minimum atomic E-state index is -4.67. The largest absolute Gasteiger partial charge is 1.00 e. The van der Waals surface area contributed by atoms with Crippen molar-refractivity contribution < 1.29 is 156 Å². The molecule has 0 aliphatic rings. The maximum atomic E-state index is 9.00. The van der Waals surface area contributed by atoms with Crippen LogP contribution in [0.3, 0.4) is 0 Å². The summed E-state index contributed by atoms with van der Waals surface area (Å²) in [7, 11) is -9.33. The third-order valence-corrected chi connectivity index (χ3v) is 0.471. The van der Waals surface area contributed by atoms with Crippen LogP contribution in [0.25, 0.3) is 0 Å². The maximum absolute atomic E-state index is 9.00. The van der Waals surface area contributed by atoms with Gasteiger partial charge in [0, 0.05) is 24.0 Å². The van der Waals surface area contributed by atoms with Crippen LogP contribution in [0.15, 0.2) is 25.3 Å². The summed E-state index contributed by atoms with van der Waals surface area (Å²) in [5.74, 6) is -0.833. The van der Waals surface area contributed by atoms with Crippen LogP contribution < -0.4 is 59.1 Å². The summed E-state index contributed by atoms with van der Waals surface area (Å²) in [5, 5.41) is 7.42. The van der Waals surface area contributed by atoms with Crippen LogP contribution in [0.1, 0.15) is 9.78 Å². The fourth-order valence-electron chi connectivity index (χ4n) is 0.235. The van der Waals surface area contributed by atoms with Gasteiger partial charge in [-0.15, -0.1) is 13.2 Å². The van der Waals surface area contributed by atoms with Gasteiger partial charge in [0.15, 0.2) is 0 Å². The van der Waals surface area contributed by atoms with Crippen LogP contribution >= 0.6 is 0 Å². The predicted molar refractivity (Wildman–Crippen MR) is 93.2 cm³/mol. The Balaban J connectivity index is -0.00000000947. The number of carbonyl (C=O) groups is 1. The van der Waals surface area contributed by atoms with Gasteiger partial charge in [0.2, 0.25) is 0 Å². The quantitative estimate of drug-likeness (QED) is 0.0936. The Morgan fingerprint density at radius 3 is 1.00 bits per heavy atom. The molecule has 0 saturated heterocycles. The van der Waals surface area contributed by atoms with Crippen molar-refractivity contribution in [2.75, 3.05) is 13.2 Å². The molecule has 0 fully saturated rings. The molecule has 1 radical (unpaired) electrons. The molecule has 183 valence electrons. The van der Waals surface area contributed by atoms with Crippen molar-refractivity contribution in [1.29, 1.82) is 0 Å². The molecule has 0 rings (SSSR count). The zero-order valence-electron chi connectivity index (χ0n) is 17.8. The average Bonchev–Trinajstić information content (AvgIpc) is 2.12. The van der Waals surface area contributed by atoms with E-state index < -0.39 is 26.8 Å². The molecule has 0 aromatic rings. The van der Waals surface area contributed by atoms with E-state index in [0.29, 0.717) is 13.2 Å². The van der Waals surface area contributed by atoms with E-state index in [1.165, 1.54) is 0 Å². The number of rotatable bonds is 4. The standard InChI is InChI=1S/C6H10O.C2H4O2.Cu.2Na.2H2O4S.5H2O.2H/c1-3-5-7-6-4-2;1-2(3)4;;;;2*1-5(2,3)4;;;;;;;/h3-4H,1-2,5-6H2;1H3,(H,3,4);;;;2*(H2,1,2,3,4);5*1H2;;/q;;;2*+1;;;;;;;;2*-1. The van der Waals surface area contributed by atoms with Gasteiger partial charge in [0.1, 0.15) is 0 Å². The molecule has 16 nitrogen and oxygen atoms in total. The Hall–Kier alpha value is 0.969. The summed E-state index contributed by atoms with van der Waals surface area (Å²) in [6.07, 6.45) is 3.42. The van der Waals surface area contributed by atoms with Gasteiger partial charge in [-0.05, 0) is 0 Å². The van der Waals surface area contributed by atoms with Crippen molar-refractivity contribution in [3.05, 3.63) is 25.3 Å². The second-order valence-corrected chi connectivity index (χ2v) is 4.32. The number of hydrogen-bond acceptors (Lipinski definition) is 6. The number of carboxylic acids is 1. The van der Waals surface area contributed by atoms with Crippen molar-refractivity contribution in [3.63, 3.8) is 0 Å². The molecule has 0 aliphatic carbocycles. The molecule has 0 aromatic carbocycles. The molecule has 0 unspecified atom stereocenters. The first kappa shape index (κ1) is 77.9. The van der Waals surface area contributed by atoms with Crippen LogP contribution in [-0.4, -0.2) is 86.7 Å². The van der Waals surface area contributed by atoms with E-state index in [1.54, 1.807) is 12.2 Å². The van der Waals surface area contributed by atoms with E-state index in [1.807, 2.05) is 0 Å². The Morgan fingerprint density at radius 1 is 0.828 bits per heavy atom. The molecule has 0 heterocycles. The van der Waals surface area contributed by atoms with E-state index in [-0.39, 0.29) is 106 Å². The fourth-order valence-corrected chi connectivity index (χ4v) is 0.235. The second kappa shape index (κ2) is 51.5. The fraction of sp³-hybridized carbons (Fsp3) is 0.375. The molecule has 0 bridgehead atoms. The topological polar surface area (TPSA) is 353 Å². The molecule has 29 heavy (non-hydrogen) atoms. The molecule has 0 spiro atoms. The van der Waals surface area contributed by atoms with Gasteiger partial charge in [-0.2, -0.15) is 16.8 Å². The average molecular weight is 556 g/mol. The monoisotopic (exact) mass is 555 g/mol. The van der Waals surface area contributed by atoms with Crippen molar-refractivity contribution in [1.82, 2.24) is 0 Å². The summed E-state index contributed by atoms with van der Waals surface area (Å²) in [6, 6.07) is 0. The molecule has 0 amide bonds. The van der Waals surface area contributed by atoms with E-state index >= 15 is 0 Å². The molecular formula is C8H30CuNa2O16S2. The van der Waals surface area contributed by atoms with E-state index in [2.05, 4.69) is 13.2 Å². The van der Waals surface area contributed by atoms with Gasteiger partial charge >= 0.3 is 79.9 Å². The van der Waals surface area contributed by atoms with E-state index in [4.69, 9.17) is 49.7 Å². The Labute approximate surface area is 226 Å². The van der Waals surface area contributed by atoms with E-state index in [0.717, 1.165) is 6.92 Å². The van der Waals surface area contributed by atoms with Gasteiger partial charge in [-0.25, -0.2) is 0 Å². The van der Waals surface area contributed by atoms with Gasteiger partial charge in [-0.1, -0.05) is 12.2 Å². The Bertz CT molecular complexity index is 436. The number of hydrogen-bond donors (Lipinski definition) is 5. The van der Waals surface area contributed by atoms with Crippen molar-refractivity contribution in [2.24, 2.45) is 0 Å². The summed E-state index contributed by atoms with van der Waals surface area (Å²) in [6.45, 7) is 9.26. The molecule has 0 aliphatic heterocycles. The summed E-state index contributed by atoms with van der Waals surface area (Å²) in [4.78, 5) is 9.00. The van der Waals surface area contributed by atoms with Crippen molar-refractivity contribution in [3.8, 4) is 0 Å². The van der Waals surface area contributed by atoms with Gasteiger partial charge in [0.25, 0.3) is 5.97 Å². The van der Waals surface area contributed by atoms with Crippen LogP contribution in [0, 0.1) is 0 Å². The predicted octanol–water partition coefficient (Wildman–Crippen LogP) is -9.73. The summed E-state index contributed by atoms with van der Waals surface area (Å²) < 4.78 is 68.1. The summed E-state index contributed by atoms with van der Waals surface area (Å²) in [5.41, 5.74) is 0. The molecule has 15 N–H and O–H groups in total. The Morgan fingerprint density at radius 2 is 0.931 bits per heavy atom. The molecular weight excluding hydrogens is 526 g/mol. The minimum absolute atomic E-state index is 0. The SMILES string of the molecule is C=CCOCC=C.CC(=O)O.O.O.O.O.O.O=S(=O)(O)O.O=S(=O)(O)O.[Cu].[H-].[H-].[Na+].[Na+]. The molecule has 0 atom stereocenters. The number of ether oxygens (including phenoxy) is 1. The zero-order valence-corrected chi connectivity index (χ0v) is 22.4. The number of aliphatic carboxylic acids is 1. The summed E-state index contributed by atoms with van der Waals surface area (Å²) >= 11 is 0. The Kier molecular flexibility index (Phi) is 138. The van der Waals surface area contributed by atoms with Gasteiger partial charge in [0.05, 0.1) is 13.2 Å². The molecule has 0 aromatic heterocycles. The minimum Gasteiger partial charge on any atom is -1.00 e. The second-order valence-electron chi connectivity index (χ2n) is 2.53. The normalized spacial score (nSPS) is 6.79. The van der Waals surface area contributed by atoms with Crippen LogP contribution in [0.5, 0.6) is 0 Å². The number of carboxylic acid groups (broad SMARTS) is 1. The smallest absolute Gasteiger partial charge is 1.00 e. The molecule has 21 heteroatoms. The first-order valence-corrected chi connectivity index (χ1v) is 7.33. The van der Waals surface area contributed by atoms with Crippen LogP contribution in [0.2, 0.25) is 0 Å². The van der Waals surface area contributed by atoms with Crippen molar-refractivity contribution >= 4 is 26.8 Å². The van der Waals surface area contributed by atoms with Crippen LogP contribution in [0.4, 0.5) is 0 Å². The van der Waals surface area contributed by atoms with Gasteiger partial charge < -0.3 is 40.1 Å². The van der Waals surface area contributed by atoms with E-state index in [9.17, 15) is 0 Å². The first-order valence-electron chi connectivity index (χ1n) is 4.54. The third kappa shape index (κ3) is 853. The maximum Gasteiger partial charge on any atom is 1.00 e. The van der Waals surface area contributed by atoms with Crippen LogP contribution in [-0.2, 0) is 47.4 Å². The zero-order chi connectivity index (χ0) is 18.1. The van der Waals surface area contributed by atoms with Gasteiger partial charge in [-0.3, -0.25) is 23.0 Å². The van der Waals surface area contributed by atoms with Crippen molar-refractivity contribution in [2.45, 2.75) is 6.92 Å². The third-order valence-electron chi connectivity index (χ3n) is 0.471. The first-order chi connectivity index (χ1) is 9.15.